The van der Waals surface area contributed by atoms with Crippen LogP contribution in [-0.4, -0.2) is 11.6 Å². The molecule has 2 aromatic rings. The lowest BCUT2D eigenvalue weighted by molar-refractivity contribution is 0.335. The summed E-state index contributed by atoms with van der Waals surface area (Å²) >= 11 is 1.78. The van der Waals surface area contributed by atoms with Gasteiger partial charge in [0.2, 0.25) is 0 Å². The monoisotopic (exact) mass is 276 g/mol. The Labute approximate surface area is 118 Å². The quantitative estimate of drug-likeness (QED) is 0.841. The smallest absolute Gasteiger partial charge is 0.123 e. The molecule has 0 aliphatic rings. The summed E-state index contributed by atoms with van der Waals surface area (Å²) in [5.41, 5.74) is 1.19. The van der Waals surface area contributed by atoms with E-state index >= 15 is 0 Å². The molecular formula is C15H20N2OS. The number of nitrogens with one attached hydrogen (secondary N) is 1. The lowest BCUT2D eigenvalue weighted by Gasteiger charge is -2.10. The van der Waals surface area contributed by atoms with Crippen molar-refractivity contribution in [2.45, 2.75) is 33.4 Å². The highest BCUT2D eigenvalue weighted by atomic mass is 32.1. The second-order valence-electron chi connectivity index (χ2n) is 4.22. The van der Waals surface area contributed by atoms with E-state index in [-0.39, 0.29) is 0 Å². The highest BCUT2D eigenvalue weighted by Crippen LogP contribution is 2.18. The summed E-state index contributed by atoms with van der Waals surface area (Å²) < 4.78 is 5.61. The first-order valence-electron chi connectivity index (χ1n) is 6.68. The normalized spacial score (nSPS) is 10.6. The van der Waals surface area contributed by atoms with Gasteiger partial charge in [0.15, 0.2) is 0 Å². The number of rotatable bonds is 7. The highest BCUT2D eigenvalue weighted by Gasteiger charge is 2.03. The Morgan fingerprint density at radius 3 is 2.79 bits per heavy atom. The highest BCUT2D eigenvalue weighted by molar-refractivity contribution is 7.11. The molecule has 1 heterocycles. The molecule has 0 fully saturated rings. The minimum absolute atomic E-state index is 0.698. The largest absolute Gasteiger partial charge is 0.494 e. The van der Waals surface area contributed by atoms with Crippen molar-refractivity contribution in [3.05, 3.63) is 45.9 Å². The van der Waals surface area contributed by atoms with Crippen LogP contribution in [0.25, 0.3) is 0 Å². The molecular weight excluding hydrogens is 256 g/mol. The number of aryl methyl sites for hydroxylation is 1. The fraction of sp³-hybridized carbons (Fsp3) is 0.400. The van der Waals surface area contributed by atoms with Crippen molar-refractivity contribution in [1.29, 1.82) is 0 Å². The maximum absolute atomic E-state index is 5.61. The number of hydrogen-bond donors (Lipinski definition) is 1. The Morgan fingerprint density at radius 2 is 2.05 bits per heavy atom. The van der Waals surface area contributed by atoms with E-state index in [9.17, 15) is 0 Å². The maximum atomic E-state index is 5.61. The third-order valence-electron chi connectivity index (χ3n) is 2.81. The molecule has 0 radical (unpaired) electrons. The maximum Gasteiger partial charge on any atom is 0.123 e. The predicted octanol–water partition coefficient (Wildman–Crippen LogP) is 3.39. The number of hydrogen-bond acceptors (Lipinski definition) is 4. The summed E-state index contributed by atoms with van der Waals surface area (Å²) in [7, 11) is 0. The molecule has 4 heteroatoms. The van der Waals surface area contributed by atoms with Crippen molar-refractivity contribution < 1.29 is 4.74 Å². The summed E-state index contributed by atoms with van der Waals surface area (Å²) in [5.74, 6) is 0.964. The van der Waals surface area contributed by atoms with Gasteiger partial charge in [-0.3, -0.25) is 0 Å². The average Bonchev–Trinajstić information content (AvgIpc) is 2.89. The van der Waals surface area contributed by atoms with Crippen LogP contribution in [0.4, 0.5) is 0 Å². The molecule has 102 valence electrons. The second-order valence-corrected chi connectivity index (χ2v) is 5.42. The molecule has 0 bridgehead atoms. The lowest BCUT2D eigenvalue weighted by atomic mass is 10.2. The van der Waals surface area contributed by atoms with E-state index in [1.807, 2.05) is 31.3 Å². The second kappa shape index (κ2) is 7.26. The van der Waals surface area contributed by atoms with Crippen LogP contribution >= 0.6 is 11.3 Å². The summed E-state index contributed by atoms with van der Waals surface area (Å²) in [6, 6.07) is 8.15. The van der Waals surface area contributed by atoms with Gasteiger partial charge in [-0.05, 0) is 19.4 Å². The lowest BCUT2D eigenvalue weighted by Crippen LogP contribution is -2.13. The zero-order valence-corrected chi connectivity index (χ0v) is 12.3. The van der Waals surface area contributed by atoms with Gasteiger partial charge >= 0.3 is 0 Å². The predicted molar refractivity (Wildman–Crippen MR) is 79.6 cm³/mol. The van der Waals surface area contributed by atoms with E-state index < -0.39 is 0 Å². The van der Waals surface area contributed by atoms with Crippen molar-refractivity contribution in [2.75, 3.05) is 6.61 Å². The number of ether oxygens (including phenoxy) is 1. The first kappa shape index (κ1) is 14.0. The molecule has 1 aromatic carbocycles. The number of thiazole rings is 1. The van der Waals surface area contributed by atoms with E-state index in [0.717, 1.165) is 30.3 Å². The van der Waals surface area contributed by atoms with Crippen molar-refractivity contribution in [2.24, 2.45) is 0 Å². The van der Waals surface area contributed by atoms with Gasteiger partial charge in [0.1, 0.15) is 10.8 Å². The fourth-order valence-electron chi connectivity index (χ4n) is 1.84. The van der Waals surface area contributed by atoms with Gasteiger partial charge in [0.05, 0.1) is 6.61 Å². The van der Waals surface area contributed by atoms with Crippen LogP contribution in [-0.2, 0) is 19.5 Å². The fourth-order valence-corrected chi connectivity index (χ4v) is 2.68. The van der Waals surface area contributed by atoms with Gasteiger partial charge in [-0.25, -0.2) is 4.98 Å². The molecule has 0 unspecified atom stereocenters. The summed E-state index contributed by atoms with van der Waals surface area (Å²) in [6.45, 7) is 6.47. The van der Waals surface area contributed by atoms with Gasteiger partial charge in [-0.2, -0.15) is 0 Å². The molecule has 0 aliphatic heterocycles. The molecule has 19 heavy (non-hydrogen) atoms. The first-order chi connectivity index (χ1) is 9.33. The van der Waals surface area contributed by atoms with Crippen molar-refractivity contribution in [3.63, 3.8) is 0 Å². The van der Waals surface area contributed by atoms with Gasteiger partial charge < -0.3 is 10.1 Å². The Balaban J connectivity index is 1.88. The van der Waals surface area contributed by atoms with Gasteiger partial charge in [-0.15, -0.1) is 11.3 Å². The summed E-state index contributed by atoms with van der Waals surface area (Å²) in [4.78, 5) is 5.74. The first-order valence-corrected chi connectivity index (χ1v) is 7.50. The van der Waals surface area contributed by atoms with Crippen LogP contribution in [0.15, 0.2) is 30.5 Å². The summed E-state index contributed by atoms with van der Waals surface area (Å²) in [5, 5.41) is 4.57. The molecule has 0 saturated carbocycles. The van der Waals surface area contributed by atoms with Crippen LogP contribution in [0.1, 0.15) is 29.3 Å². The van der Waals surface area contributed by atoms with E-state index in [1.165, 1.54) is 10.4 Å². The van der Waals surface area contributed by atoms with E-state index in [1.54, 1.807) is 11.3 Å². The molecule has 0 aliphatic carbocycles. The molecule has 0 saturated heterocycles. The van der Waals surface area contributed by atoms with Crippen LogP contribution < -0.4 is 10.1 Å². The zero-order valence-electron chi connectivity index (χ0n) is 11.5. The van der Waals surface area contributed by atoms with Gasteiger partial charge in [0, 0.05) is 29.7 Å². The zero-order chi connectivity index (χ0) is 13.5. The Morgan fingerprint density at radius 1 is 1.21 bits per heavy atom. The van der Waals surface area contributed by atoms with E-state index in [4.69, 9.17) is 4.74 Å². The Hall–Kier alpha value is -1.39. The van der Waals surface area contributed by atoms with Gasteiger partial charge in [0.25, 0.3) is 0 Å². The number of aromatic nitrogens is 1. The standard InChI is InChI=1S/C15H20N2OS/c1-3-13-10-17-15(19-13)11-16-9-12-7-5-6-8-14(12)18-4-2/h5-8,10,16H,3-4,9,11H2,1-2H3. The Bertz CT molecular complexity index is 510. The van der Waals surface area contributed by atoms with Crippen LogP contribution in [0.5, 0.6) is 5.75 Å². The van der Waals surface area contributed by atoms with Crippen LogP contribution in [0.3, 0.4) is 0 Å². The van der Waals surface area contributed by atoms with Crippen LogP contribution in [0.2, 0.25) is 0 Å². The number of nitrogens with zero attached hydrogens (tertiary/aromatic N) is 1. The molecule has 1 N–H and O–H groups in total. The minimum Gasteiger partial charge on any atom is -0.494 e. The molecule has 3 nitrogen and oxygen atoms in total. The summed E-state index contributed by atoms with van der Waals surface area (Å²) in [6.07, 6.45) is 3.03. The van der Waals surface area contributed by atoms with Crippen molar-refractivity contribution in [1.82, 2.24) is 10.3 Å². The molecule has 0 amide bonds. The van der Waals surface area contributed by atoms with Crippen molar-refractivity contribution in [3.8, 4) is 5.75 Å². The number of benzene rings is 1. The number of para-hydroxylation sites is 1. The molecule has 0 atom stereocenters. The molecule has 2 rings (SSSR count). The minimum atomic E-state index is 0.698. The Kier molecular flexibility index (Phi) is 5.36. The average molecular weight is 276 g/mol. The SMILES string of the molecule is CCOc1ccccc1CNCc1ncc(CC)s1. The molecule has 1 aromatic heterocycles. The van der Waals surface area contributed by atoms with Gasteiger partial charge in [-0.1, -0.05) is 25.1 Å². The van der Waals surface area contributed by atoms with Crippen molar-refractivity contribution >= 4 is 11.3 Å². The van der Waals surface area contributed by atoms with E-state index in [0.29, 0.717) is 6.61 Å². The van der Waals surface area contributed by atoms with Crippen LogP contribution in [0, 0.1) is 0 Å². The van der Waals surface area contributed by atoms with E-state index in [2.05, 4.69) is 23.3 Å². The third kappa shape index (κ3) is 4.04. The third-order valence-corrected chi connectivity index (χ3v) is 3.96. The molecule has 0 spiro atoms. The topological polar surface area (TPSA) is 34.1 Å².